The lowest BCUT2D eigenvalue weighted by molar-refractivity contribution is 0.0209. The average Bonchev–Trinajstić information content (AvgIpc) is 2.46. The molecule has 1 fully saturated rings. The van der Waals surface area contributed by atoms with Gasteiger partial charge >= 0.3 is 0 Å². The maximum Gasteiger partial charge on any atom is 0.0672 e. The molecule has 1 aliphatic carbocycles. The molecule has 0 N–H and O–H groups in total. The molecule has 4 unspecified atom stereocenters. The van der Waals surface area contributed by atoms with E-state index in [9.17, 15) is 5.26 Å². The van der Waals surface area contributed by atoms with Gasteiger partial charge in [-0.3, -0.25) is 4.90 Å². The fourth-order valence-electron chi connectivity index (χ4n) is 3.59. The van der Waals surface area contributed by atoms with Gasteiger partial charge in [0, 0.05) is 25.7 Å². The zero-order valence-corrected chi connectivity index (χ0v) is 14.9. The normalized spacial score (nSPS) is 28.4. The van der Waals surface area contributed by atoms with Crippen LogP contribution >= 0.6 is 0 Å². The van der Waals surface area contributed by atoms with Crippen molar-refractivity contribution >= 4 is 0 Å². The number of nitrogens with zero attached hydrogens (tertiary/aromatic N) is 2. The van der Waals surface area contributed by atoms with E-state index >= 15 is 0 Å². The predicted molar refractivity (Wildman–Crippen MR) is 88.0 cm³/mol. The Balaban J connectivity index is 2.91. The molecule has 3 nitrogen and oxygen atoms in total. The van der Waals surface area contributed by atoms with Crippen molar-refractivity contribution in [3.8, 4) is 6.07 Å². The molecule has 0 aliphatic heterocycles. The van der Waals surface area contributed by atoms with Crippen molar-refractivity contribution in [2.24, 2.45) is 17.3 Å². The van der Waals surface area contributed by atoms with Crippen molar-refractivity contribution in [1.82, 2.24) is 4.90 Å². The fourth-order valence-corrected chi connectivity index (χ4v) is 3.59. The molecule has 0 spiro atoms. The van der Waals surface area contributed by atoms with Gasteiger partial charge in [-0.25, -0.2) is 0 Å². The number of ether oxygens (including phenoxy) is 1. The van der Waals surface area contributed by atoms with E-state index < -0.39 is 0 Å². The second-order valence-electron chi connectivity index (χ2n) is 7.67. The fraction of sp³-hybridized carbons (Fsp3) is 0.944. The summed E-state index contributed by atoms with van der Waals surface area (Å²) in [6.07, 6.45) is 4.51. The minimum absolute atomic E-state index is 0.175. The van der Waals surface area contributed by atoms with E-state index in [4.69, 9.17) is 4.74 Å². The van der Waals surface area contributed by atoms with Crippen LogP contribution in [0.3, 0.4) is 0 Å². The first-order valence-corrected chi connectivity index (χ1v) is 8.49. The van der Waals surface area contributed by atoms with Crippen LogP contribution in [-0.4, -0.2) is 37.2 Å². The van der Waals surface area contributed by atoms with E-state index in [1.807, 2.05) is 0 Å². The maximum absolute atomic E-state index is 9.57. The molecular weight excluding hydrogens is 260 g/mol. The molecule has 4 atom stereocenters. The molecule has 122 valence electrons. The number of hydrogen-bond donors (Lipinski definition) is 0. The summed E-state index contributed by atoms with van der Waals surface area (Å²) < 4.78 is 5.30. The van der Waals surface area contributed by atoms with E-state index in [-0.39, 0.29) is 5.92 Å². The summed E-state index contributed by atoms with van der Waals surface area (Å²) in [7, 11) is 1.76. The molecule has 0 amide bonds. The highest BCUT2D eigenvalue weighted by Gasteiger charge is 2.39. The van der Waals surface area contributed by atoms with E-state index in [1.54, 1.807) is 7.11 Å². The van der Waals surface area contributed by atoms with Crippen molar-refractivity contribution in [1.29, 1.82) is 5.26 Å². The van der Waals surface area contributed by atoms with Crippen LogP contribution in [-0.2, 0) is 4.74 Å². The van der Waals surface area contributed by atoms with Gasteiger partial charge < -0.3 is 4.74 Å². The highest BCUT2D eigenvalue weighted by atomic mass is 16.5. The minimum Gasteiger partial charge on any atom is -0.383 e. The lowest BCUT2D eigenvalue weighted by Gasteiger charge is -2.46. The molecule has 0 aromatic heterocycles. The molecular formula is C18H34N2O. The molecule has 0 radical (unpaired) electrons. The Kier molecular flexibility index (Phi) is 7.16. The second kappa shape index (κ2) is 8.15. The standard InChI is InChI=1S/C18H34N2O/c1-7-14(2)20(10-11-21-6)17-12-16(18(3,4)5)9-8-15(17)13-19/h14-17H,7-12H2,1-6H3. The quantitative estimate of drug-likeness (QED) is 0.740. The Labute approximate surface area is 131 Å². The van der Waals surface area contributed by atoms with Gasteiger partial charge in [0.05, 0.1) is 18.6 Å². The van der Waals surface area contributed by atoms with Crippen LogP contribution < -0.4 is 0 Å². The smallest absolute Gasteiger partial charge is 0.0672 e. The topological polar surface area (TPSA) is 36.3 Å². The molecule has 1 saturated carbocycles. The molecule has 0 saturated heterocycles. The lowest BCUT2D eigenvalue weighted by atomic mass is 9.67. The summed E-state index contributed by atoms with van der Waals surface area (Å²) in [4.78, 5) is 2.54. The van der Waals surface area contributed by atoms with Crippen LogP contribution in [0.15, 0.2) is 0 Å². The van der Waals surface area contributed by atoms with Gasteiger partial charge in [-0.2, -0.15) is 5.26 Å². The van der Waals surface area contributed by atoms with Gasteiger partial charge in [0.25, 0.3) is 0 Å². The zero-order chi connectivity index (χ0) is 16.0. The Morgan fingerprint density at radius 3 is 2.48 bits per heavy atom. The van der Waals surface area contributed by atoms with Gasteiger partial charge in [-0.15, -0.1) is 0 Å². The number of hydrogen-bond acceptors (Lipinski definition) is 3. The summed E-state index contributed by atoms with van der Waals surface area (Å²) in [5.41, 5.74) is 0.334. The van der Waals surface area contributed by atoms with Crippen LogP contribution in [0.1, 0.15) is 60.3 Å². The van der Waals surface area contributed by atoms with E-state index in [2.05, 4.69) is 45.6 Å². The summed E-state index contributed by atoms with van der Waals surface area (Å²) in [6.45, 7) is 13.2. The Morgan fingerprint density at radius 2 is 2.00 bits per heavy atom. The molecule has 1 aliphatic rings. The van der Waals surface area contributed by atoms with Crippen molar-refractivity contribution < 1.29 is 4.74 Å². The van der Waals surface area contributed by atoms with Gasteiger partial charge in [-0.05, 0) is 43.9 Å². The molecule has 1 rings (SSSR count). The summed E-state index contributed by atoms with van der Waals surface area (Å²) >= 11 is 0. The number of rotatable bonds is 6. The number of methoxy groups -OCH3 is 1. The largest absolute Gasteiger partial charge is 0.383 e. The Bertz CT molecular complexity index is 342. The summed E-state index contributed by atoms with van der Waals surface area (Å²) in [6, 6.07) is 3.48. The van der Waals surface area contributed by atoms with Crippen molar-refractivity contribution in [3.05, 3.63) is 0 Å². The predicted octanol–water partition coefficient (Wildman–Crippen LogP) is 4.09. The monoisotopic (exact) mass is 294 g/mol. The van der Waals surface area contributed by atoms with Crippen LogP contribution in [0.4, 0.5) is 0 Å². The average molecular weight is 294 g/mol. The van der Waals surface area contributed by atoms with E-state index in [1.165, 1.54) is 6.42 Å². The van der Waals surface area contributed by atoms with Gasteiger partial charge in [0.15, 0.2) is 0 Å². The molecule has 3 heteroatoms. The van der Waals surface area contributed by atoms with Gasteiger partial charge in [-0.1, -0.05) is 27.7 Å². The maximum atomic E-state index is 9.57. The number of nitriles is 1. The molecule has 0 aromatic carbocycles. The lowest BCUT2D eigenvalue weighted by Crippen LogP contribution is -2.50. The third-order valence-electron chi connectivity index (χ3n) is 5.34. The van der Waals surface area contributed by atoms with Gasteiger partial charge in [0.1, 0.15) is 0 Å². The third-order valence-corrected chi connectivity index (χ3v) is 5.34. The van der Waals surface area contributed by atoms with Crippen molar-refractivity contribution in [2.45, 2.75) is 72.4 Å². The van der Waals surface area contributed by atoms with Gasteiger partial charge in [0.2, 0.25) is 0 Å². The van der Waals surface area contributed by atoms with E-state index in [0.29, 0.717) is 23.4 Å². The first-order chi connectivity index (χ1) is 9.85. The van der Waals surface area contributed by atoms with E-state index in [0.717, 1.165) is 32.4 Å². The zero-order valence-electron chi connectivity index (χ0n) is 14.9. The van der Waals surface area contributed by atoms with Crippen molar-refractivity contribution in [2.75, 3.05) is 20.3 Å². The highest BCUT2D eigenvalue weighted by Crippen LogP contribution is 2.42. The van der Waals surface area contributed by atoms with Crippen LogP contribution in [0.25, 0.3) is 0 Å². The summed E-state index contributed by atoms with van der Waals surface area (Å²) in [5.74, 6) is 0.885. The van der Waals surface area contributed by atoms with Crippen LogP contribution in [0, 0.1) is 28.6 Å². The molecule has 0 bridgehead atoms. The first-order valence-electron chi connectivity index (χ1n) is 8.49. The van der Waals surface area contributed by atoms with Crippen LogP contribution in [0.2, 0.25) is 0 Å². The van der Waals surface area contributed by atoms with Crippen molar-refractivity contribution in [3.63, 3.8) is 0 Å². The molecule has 0 aromatic rings. The molecule has 21 heavy (non-hydrogen) atoms. The molecule has 0 heterocycles. The van der Waals surface area contributed by atoms with Crippen LogP contribution in [0.5, 0.6) is 0 Å². The highest BCUT2D eigenvalue weighted by molar-refractivity contribution is 5.00. The Hall–Kier alpha value is -0.590. The third kappa shape index (κ3) is 4.97. The Morgan fingerprint density at radius 1 is 1.33 bits per heavy atom. The SMILES string of the molecule is CCC(C)N(CCOC)C1CC(C(C)(C)C)CCC1C#N. The minimum atomic E-state index is 0.175. The second-order valence-corrected chi connectivity index (χ2v) is 7.67. The summed E-state index contributed by atoms with van der Waals surface area (Å²) in [5, 5.41) is 9.57. The first kappa shape index (κ1) is 18.5.